The highest BCUT2D eigenvalue weighted by atomic mass is 16.6. The molecule has 0 radical (unpaired) electrons. The van der Waals surface area contributed by atoms with Crippen molar-refractivity contribution in [3.63, 3.8) is 0 Å². The minimum atomic E-state index is -0.763. The molecule has 0 rings (SSSR count). The van der Waals surface area contributed by atoms with Gasteiger partial charge in [0.1, 0.15) is 13.2 Å². The summed E-state index contributed by atoms with van der Waals surface area (Å²) in [5, 5.41) is 0. The van der Waals surface area contributed by atoms with E-state index in [1.54, 1.807) is 0 Å². The van der Waals surface area contributed by atoms with Crippen molar-refractivity contribution >= 4 is 17.9 Å². The lowest BCUT2D eigenvalue weighted by molar-refractivity contribution is -0.167. The van der Waals surface area contributed by atoms with Crippen LogP contribution in [-0.4, -0.2) is 37.2 Å². The van der Waals surface area contributed by atoms with E-state index in [0.29, 0.717) is 19.3 Å². The number of ether oxygens (including phenoxy) is 3. The number of esters is 3. The highest BCUT2D eigenvalue weighted by Crippen LogP contribution is 2.19. The van der Waals surface area contributed by atoms with Gasteiger partial charge in [-0.3, -0.25) is 14.4 Å². The van der Waals surface area contributed by atoms with E-state index >= 15 is 0 Å². The molecule has 6 nitrogen and oxygen atoms in total. The van der Waals surface area contributed by atoms with E-state index in [4.69, 9.17) is 14.2 Å². The van der Waals surface area contributed by atoms with Gasteiger partial charge in [0.15, 0.2) is 6.10 Å². The van der Waals surface area contributed by atoms with Crippen molar-refractivity contribution in [2.75, 3.05) is 13.2 Å². The maximum absolute atomic E-state index is 12.9. The molecule has 0 aliphatic heterocycles. The average Bonchev–Trinajstić information content (AvgIpc) is 3.36. The van der Waals surface area contributed by atoms with Crippen LogP contribution in [0.2, 0.25) is 0 Å². The van der Waals surface area contributed by atoms with Gasteiger partial charge in [-0.05, 0) is 31.1 Å². The van der Waals surface area contributed by atoms with Crippen LogP contribution >= 0.6 is 0 Å². The van der Waals surface area contributed by atoms with Gasteiger partial charge in [-0.2, -0.15) is 0 Å². The maximum atomic E-state index is 12.9. The first-order valence-corrected chi connectivity index (χ1v) is 32.7. The maximum Gasteiger partial charge on any atom is 0.306 e. The number of rotatable bonds is 60. The summed E-state index contributed by atoms with van der Waals surface area (Å²) in [6, 6.07) is 0. The topological polar surface area (TPSA) is 78.9 Å². The predicted octanol–water partition coefficient (Wildman–Crippen LogP) is 22.0. The van der Waals surface area contributed by atoms with Gasteiger partial charge in [0.2, 0.25) is 0 Å². The van der Waals surface area contributed by atoms with E-state index in [0.717, 1.165) is 69.6 Å². The molecule has 0 aliphatic carbocycles. The fourth-order valence-electron chi connectivity index (χ4n) is 10.3. The zero-order valence-corrected chi connectivity index (χ0v) is 49.6. The second kappa shape index (κ2) is 58.7. The first kappa shape index (κ1) is 70.4. The molecule has 0 bridgehead atoms. The van der Waals surface area contributed by atoms with E-state index in [1.807, 2.05) is 0 Å². The third-order valence-electron chi connectivity index (χ3n) is 15.2. The van der Waals surface area contributed by atoms with Crippen molar-refractivity contribution in [1.29, 1.82) is 0 Å². The Morgan fingerprint density at radius 3 is 0.681 bits per heavy atom. The fourth-order valence-corrected chi connectivity index (χ4v) is 10.3. The minimum absolute atomic E-state index is 0.0616. The number of hydrogen-bond acceptors (Lipinski definition) is 6. The quantitative estimate of drug-likeness (QED) is 0.0343. The van der Waals surface area contributed by atoms with E-state index in [1.165, 1.54) is 263 Å². The molecule has 0 unspecified atom stereocenters. The molecular formula is C66H128O6. The fraction of sp³-hybridized carbons (Fsp3) is 0.955. The van der Waals surface area contributed by atoms with Gasteiger partial charge < -0.3 is 14.2 Å². The third kappa shape index (κ3) is 59.3. The molecule has 0 N–H and O–H groups in total. The normalized spacial score (nSPS) is 12.0. The van der Waals surface area contributed by atoms with E-state index < -0.39 is 6.10 Å². The molecule has 0 saturated heterocycles. The Bertz CT molecular complexity index is 1100. The van der Waals surface area contributed by atoms with Crippen LogP contribution in [0, 0.1) is 11.8 Å². The highest BCUT2D eigenvalue weighted by Gasteiger charge is 2.19. The molecule has 0 aromatic rings. The Kier molecular flexibility index (Phi) is 57.4. The number of hydrogen-bond donors (Lipinski definition) is 0. The SMILES string of the molecule is CCCCCCCCCCCCCCCCC(=O)O[C@H](COC(=O)CCCCCCCCCCCCCCCCCCCCC(C)C)COC(=O)CCCCCCCCCCCCCCCCCCC(C)C. The zero-order chi connectivity index (χ0) is 52.5. The number of carbonyl (C=O) groups is 3. The van der Waals surface area contributed by atoms with Gasteiger partial charge in [0, 0.05) is 19.3 Å². The van der Waals surface area contributed by atoms with Crippen LogP contribution < -0.4 is 0 Å². The number of unbranched alkanes of at least 4 members (excludes halogenated alkanes) is 45. The first-order valence-electron chi connectivity index (χ1n) is 32.7. The molecule has 0 saturated carbocycles. The van der Waals surface area contributed by atoms with Crippen LogP contribution in [0.3, 0.4) is 0 Å². The van der Waals surface area contributed by atoms with E-state index in [9.17, 15) is 14.4 Å². The van der Waals surface area contributed by atoms with Crippen molar-refractivity contribution in [2.24, 2.45) is 11.8 Å². The van der Waals surface area contributed by atoms with Crippen LogP contribution in [0.5, 0.6) is 0 Å². The smallest absolute Gasteiger partial charge is 0.306 e. The van der Waals surface area contributed by atoms with Crippen LogP contribution in [-0.2, 0) is 28.6 Å². The van der Waals surface area contributed by atoms with Crippen LogP contribution in [0.1, 0.15) is 375 Å². The molecule has 72 heavy (non-hydrogen) atoms. The van der Waals surface area contributed by atoms with E-state index in [-0.39, 0.29) is 31.1 Å². The molecule has 0 fully saturated rings. The molecule has 6 heteroatoms. The number of carbonyl (C=O) groups excluding carboxylic acids is 3. The largest absolute Gasteiger partial charge is 0.462 e. The summed E-state index contributed by atoms with van der Waals surface area (Å²) in [6.45, 7) is 11.5. The Balaban J connectivity index is 4.24. The van der Waals surface area contributed by atoms with Crippen LogP contribution in [0.15, 0.2) is 0 Å². The second-order valence-electron chi connectivity index (χ2n) is 23.7. The molecule has 0 heterocycles. The summed E-state index contributed by atoms with van der Waals surface area (Å²) in [6.07, 6.45) is 65.4. The van der Waals surface area contributed by atoms with Crippen LogP contribution in [0.4, 0.5) is 0 Å². The van der Waals surface area contributed by atoms with Crippen molar-refractivity contribution in [3.05, 3.63) is 0 Å². The summed E-state index contributed by atoms with van der Waals surface area (Å²) >= 11 is 0. The van der Waals surface area contributed by atoms with Crippen molar-refractivity contribution in [1.82, 2.24) is 0 Å². The Labute approximate surface area is 450 Å². The monoisotopic (exact) mass is 1020 g/mol. The van der Waals surface area contributed by atoms with Gasteiger partial charge in [-0.15, -0.1) is 0 Å². The summed E-state index contributed by atoms with van der Waals surface area (Å²) in [7, 11) is 0. The molecule has 1 atom stereocenters. The summed E-state index contributed by atoms with van der Waals surface area (Å²) in [5.74, 6) is 0.883. The second-order valence-corrected chi connectivity index (χ2v) is 23.7. The first-order chi connectivity index (χ1) is 35.2. The van der Waals surface area contributed by atoms with Gasteiger partial charge in [-0.1, -0.05) is 336 Å². The molecule has 0 aromatic heterocycles. The van der Waals surface area contributed by atoms with Crippen molar-refractivity contribution < 1.29 is 28.6 Å². The van der Waals surface area contributed by atoms with Gasteiger partial charge >= 0.3 is 17.9 Å². The lowest BCUT2D eigenvalue weighted by Crippen LogP contribution is -2.30. The van der Waals surface area contributed by atoms with Gasteiger partial charge in [0.25, 0.3) is 0 Å². The van der Waals surface area contributed by atoms with Crippen LogP contribution in [0.25, 0.3) is 0 Å². The van der Waals surface area contributed by atoms with E-state index in [2.05, 4.69) is 34.6 Å². The van der Waals surface area contributed by atoms with Gasteiger partial charge in [0.05, 0.1) is 0 Å². The molecule has 428 valence electrons. The summed E-state index contributed by atoms with van der Waals surface area (Å²) < 4.78 is 17.0. The van der Waals surface area contributed by atoms with Crippen molar-refractivity contribution in [2.45, 2.75) is 381 Å². The molecule has 0 amide bonds. The minimum Gasteiger partial charge on any atom is -0.462 e. The van der Waals surface area contributed by atoms with Gasteiger partial charge in [-0.25, -0.2) is 0 Å². The van der Waals surface area contributed by atoms with Crippen molar-refractivity contribution in [3.8, 4) is 0 Å². The predicted molar refractivity (Wildman–Crippen MR) is 312 cm³/mol. The zero-order valence-electron chi connectivity index (χ0n) is 49.6. The Morgan fingerprint density at radius 1 is 0.264 bits per heavy atom. The standard InChI is InChI=1S/C66H128O6/c1-6-7-8-9-10-11-12-13-26-33-38-43-48-53-58-66(69)72-63(60-71-65(68)57-52-47-42-37-32-28-23-19-18-21-25-30-35-40-45-50-55-62(4)5)59-70-64(67)56-51-46-41-36-31-27-22-17-15-14-16-20-24-29-34-39-44-49-54-61(2)3/h61-63H,6-60H2,1-5H3/t63-/m1/s1. The average molecular weight is 1020 g/mol. The lowest BCUT2D eigenvalue weighted by atomic mass is 10.0. The Hall–Kier alpha value is -1.59. The molecular weight excluding hydrogens is 889 g/mol. The Morgan fingerprint density at radius 2 is 0.458 bits per heavy atom. The summed E-state index contributed by atoms with van der Waals surface area (Å²) in [5.41, 5.74) is 0. The highest BCUT2D eigenvalue weighted by molar-refractivity contribution is 5.71. The lowest BCUT2D eigenvalue weighted by Gasteiger charge is -2.18. The third-order valence-corrected chi connectivity index (χ3v) is 15.2. The molecule has 0 aliphatic rings. The molecule has 0 aromatic carbocycles. The summed E-state index contributed by atoms with van der Waals surface area (Å²) in [4.78, 5) is 38.3. The molecule has 0 spiro atoms.